The van der Waals surface area contributed by atoms with Gasteiger partial charge < -0.3 is 9.53 Å². The molecule has 0 aliphatic heterocycles. The van der Waals surface area contributed by atoms with Crippen LogP contribution >= 0.6 is 8.79 Å². The maximum Gasteiger partial charge on any atom is 0.209 e. The summed E-state index contributed by atoms with van der Waals surface area (Å²) in [7, 11) is -1.77. The van der Waals surface area contributed by atoms with Crippen LogP contribution in [0.25, 0.3) is 0 Å². The fraction of sp³-hybridized carbons (Fsp3) is 1.00. The third-order valence-electron chi connectivity index (χ3n) is 7.35. The van der Waals surface area contributed by atoms with E-state index in [2.05, 4.69) is 63.8 Å². The van der Waals surface area contributed by atoms with Gasteiger partial charge in [0.1, 0.15) is 0 Å². The van der Waals surface area contributed by atoms with Crippen molar-refractivity contribution in [1.29, 1.82) is 0 Å². The SMILES string of the molecule is CC[Si](CC)(CC)C(C)(O[Si](C)(P)CCCO)[Si](CC)(CC)CC. The lowest BCUT2D eigenvalue weighted by molar-refractivity contribution is 0.222. The monoisotopic (exact) mass is 408 g/mol. The van der Waals surface area contributed by atoms with Crippen LogP contribution in [-0.4, -0.2) is 40.7 Å². The van der Waals surface area contributed by atoms with Crippen LogP contribution in [0.5, 0.6) is 0 Å². The zero-order valence-corrected chi connectivity index (χ0v) is 22.0. The molecule has 2 atom stereocenters. The lowest BCUT2D eigenvalue weighted by Crippen LogP contribution is -2.73. The predicted octanol–water partition coefficient (Wildman–Crippen LogP) is 6.19. The molecule has 2 unspecified atom stereocenters. The van der Waals surface area contributed by atoms with E-state index in [1.165, 1.54) is 36.3 Å². The Morgan fingerprint density at radius 3 is 1.42 bits per heavy atom. The maximum absolute atomic E-state index is 9.30. The first-order valence-electron chi connectivity index (χ1n) is 10.2. The zero-order chi connectivity index (χ0) is 19.1. The van der Waals surface area contributed by atoms with Gasteiger partial charge in [0.2, 0.25) is 7.98 Å². The second-order valence-corrected chi connectivity index (χ2v) is 26.7. The smallest absolute Gasteiger partial charge is 0.209 e. The van der Waals surface area contributed by atoms with E-state index >= 15 is 0 Å². The molecule has 0 radical (unpaired) electrons. The molecule has 0 aromatic rings. The predicted molar refractivity (Wildman–Crippen MR) is 122 cm³/mol. The van der Waals surface area contributed by atoms with Gasteiger partial charge >= 0.3 is 0 Å². The quantitative estimate of drug-likeness (QED) is 0.291. The second-order valence-electron chi connectivity index (χ2n) is 7.96. The van der Waals surface area contributed by atoms with Crippen LogP contribution in [0.1, 0.15) is 54.9 Å². The molecule has 0 fully saturated rings. The third-order valence-corrected chi connectivity index (χ3v) is 26.8. The Morgan fingerprint density at radius 2 is 1.17 bits per heavy atom. The molecule has 0 aliphatic rings. The van der Waals surface area contributed by atoms with E-state index in [9.17, 15) is 5.11 Å². The first-order valence-corrected chi connectivity index (χ1v) is 19.9. The molecule has 0 spiro atoms. The number of aliphatic hydroxyl groups excluding tert-OH is 1. The summed E-state index contributed by atoms with van der Waals surface area (Å²) >= 11 is 0. The first kappa shape index (κ1) is 25.0. The van der Waals surface area contributed by atoms with Crippen molar-refractivity contribution < 1.29 is 9.53 Å². The topological polar surface area (TPSA) is 29.5 Å². The standard InChI is InChI=1S/C18H45O2PSi3/c1-9-23(10-2,11-3)18(7,24(12-4,13-5)14-6)20-22(8,21)17-15-16-19/h19H,9-17,21H2,1-8H3. The number of hydrogen-bond acceptors (Lipinski definition) is 2. The van der Waals surface area contributed by atoms with Crippen molar-refractivity contribution in [2.24, 2.45) is 0 Å². The summed E-state index contributed by atoms with van der Waals surface area (Å²) in [5.41, 5.74) is 0. The van der Waals surface area contributed by atoms with Gasteiger partial charge in [0, 0.05) is 11.5 Å². The van der Waals surface area contributed by atoms with Crippen LogP contribution in [0.3, 0.4) is 0 Å². The average Bonchev–Trinajstić information content (AvgIpc) is 2.56. The lowest BCUT2D eigenvalue weighted by atomic mass is 10.5. The van der Waals surface area contributed by atoms with Crippen molar-refractivity contribution in [3.63, 3.8) is 0 Å². The van der Waals surface area contributed by atoms with Gasteiger partial charge in [-0.1, -0.05) is 77.8 Å². The molecule has 0 saturated carbocycles. The summed E-state index contributed by atoms with van der Waals surface area (Å²) in [6.07, 6.45) is 0.875. The Bertz CT molecular complexity index is 320. The maximum atomic E-state index is 9.30. The highest BCUT2D eigenvalue weighted by molar-refractivity contribution is 7.67. The van der Waals surface area contributed by atoms with E-state index in [4.69, 9.17) is 4.43 Å². The van der Waals surface area contributed by atoms with E-state index in [-0.39, 0.29) is 11.5 Å². The van der Waals surface area contributed by atoms with Crippen LogP contribution in [0.4, 0.5) is 0 Å². The van der Waals surface area contributed by atoms with Gasteiger partial charge in [-0.05, 0) is 25.9 Å². The van der Waals surface area contributed by atoms with Crippen molar-refractivity contribution in [3.05, 3.63) is 0 Å². The van der Waals surface area contributed by atoms with E-state index in [1.807, 2.05) is 0 Å². The first-order chi connectivity index (χ1) is 11.1. The molecule has 0 aromatic carbocycles. The Labute approximate surface area is 157 Å². The number of hydrogen-bond donors (Lipinski definition) is 1. The number of rotatable bonds is 13. The van der Waals surface area contributed by atoms with Crippen LogP contribution in [0.2, 0.25) is 48.9 Å². The fourth-order valence-corrected chi connectivity index (χ4v) is 27.0. The van der Waals surface area contributed by atoms with E-state index in [1.54, 1.807) is 0 Å². The average molecular weight is 409 g/mol. The summed E-state index contributed by atoms with van der Waals surface area (Å²) < 4.78 is 7.32. The van der Waals surface area contributed by atoms with Crippen molar-refractivity contribution in [1.82, 2.24) is 0 Å². The van der Waals surface area contributed by atoms with Crippen molar-refractivity contribution in [2.75, 3.05) is 6.61 Å². The fourth-order valence-electron chi connectivity index (χ4n) is 5.25. The minimum atomic E-state index is -1.85. The number of aliphatic hydroxyl groups is 1. The van der Waals surface area contributed by atoms with Crippen LogP contribution in [-0.2, 0) is 4.43 Å². The van der Waals surface area contributed by atoms with Crippen LogP contribution in [0, 0.1) is 0 Å². The summed E-state index contributed by atoms with van der Waals surface area (Å²) in [4.78, 5) is 0.147. The van der Waals surface area contributed by atoms with Gasteiger partial charge in [-0.25, -0.2) is 0 Å². The molecule has 24 heavy (non-hydrogen) atoms. The van der Waals surface area contributed by atoms with E-state index in [0.717, 1.165) is 12.5 Å². The molecule has 0 bridgehead atoms. The highest BCUT2D eigenvalue weighted by Gasteiger charge is 2.60. The molecule has 0 saturated heterocycles. The van der Waals surface area contributed by atoms with E-state index < -0.39 is 24.1 Å². The van der Waals surface area contributed by atoms with Gasteiger partial charge in [0.25, 0.3) is 0 Å². The van der Waals surface area contributed by atoms with Gasteiger partial charge in [-0.2, -0.15) is 0 Å². The molecule has 0 heterocycles. The molecular weight excluding hydrogens is 363 g/mol. The highest BCUT2D eigenvalue weighted by atomic mass is 31.3. The highest BCUT2D eigenvalue weighted by Crippen LogP contribution is 2.48. The van der Waals surface area contributed by atoms with Gasteiger partial charge in [0.15, 0.2) is 0 Å². The Morgan fingerprint density at radius 1 is 0.833 bits per heavy atom. The summed E-state index contributed by atoms with van der Waals surface area (Å²) in [5.74, 6) is 0. The molecule has 146 valence electrons. The van der Waals surface area contributed by atoms with Crippen molar-refractivity contribution >= 4 is 32.9 Å². The summed E-state index contributed by atoms with van der Waals surface area (Å²) in [5, 5.41) is 9.30. The molecule has 0 amide bonds. The molecule has 0 rings (SSSR count). The molecular formula is C18H45O2PSi3. The van der Waals surface area contributed by atoms with Crippen LogP contribution in [0.15, 0.2) is 0 Å². The molecule has 0 aromatic heterocycles. The minimum absolute atomic E-state index is 0.147. The van der Waals surface area contributed by atoms with E-state index in [0.29, 0.717) is 0 Å². The molecule has 0 aliphatic carbocycles. The lowest BCUT2D eigenvalue weighted by Gasteiger charge is -2.59. The van der Waals surface area contributed by atoms with Gasteiger partial charge in [-0.15, -0.1) is 8.79 Å². The largest absolute Gasteiger partial charge is 0.414 e. The summed E-state index contributed by atoms with van der Waals surface area (Å²) in [6.45, 7) is 19.7. The molecule has 2 nitrogen and oxygen atoms in total. The Hall–Kier alpha value is 1.00. The Balaban J connectivity index is 6.19. The molecule has 1 N–H and O–H groups in total. The normalized spacial score (nSPS) is 16.2. The van der Waals surface area contributed by atoms with Crippen LogP contribution < -0.4 is 0 Å². The third kappa shape index (κ3) is 4.83. The van der Waals surface area contributed by atoms with Gasteiger partial charge in [0.05, 0.1) is 16.1 Å². The molecule has 6 heteroatoms. The van der Waals surface area contributed by atoms with Crippen molar-refractivity contribution in [3.8, 4) is 0 Å². The van der Waals surface area contributed by atoms with Gasteiger partial charge in [-0.3, -0.25) is 0 Å². The minimum Gasteiger partial charge on any atom is -0.414 e. The second kappa shape index (κ2) is 10.4. The zero-order valence-electron chi connectivity index (χ0n) is 17.8. The Kier molecular flexibility index (Phi) is 10.8. The van der Waals surface area contributed by atoms with Crippen molar-refractivity contribution in [2.45, 2.75) is 109 Å². The summed E-state index contributed by atoms with van der Waals surface area (Å²) in [6, 6.07) is 9.05.